The molecular formula is C11H15BrFNO. The molecule has 1 rings (SSSR count). The van der Waals surface area contributed by atoms with Gasteiger partial charge < -0.3 is 10.1 Å². The van der Waals surface area contributed by atoms with Crippen molar-refractivity contribution in [2.24, 2.45) is 0 Å². The molecule has 0 bridgehead atoms. The summed E-state index contributed by atoms with van der Waals surface area (Å²) < 4.78 is 19.0. The molecule has 0 aliphatic heterocycles. The topological polar surface area (TPSA) is 21.3 Å². The van der Waals surface area contributed by atoms with Gasteiger partial charge in [-0.05, 0) is 40.5 Å². The van der Waals surface area contributed by atoms with Crippen LogP contribution in [0.3, 0.4) is 0 Å². The summed E-state index contributed by atoms with van der Waals surface area (Å²) in [6.07, 6.45) is 1.02. The molecule has 0 saturated carbocycles. The second-order valence-corrected chi connectivity index (χ2v) is 4.02. The Morgan fingerprint density at radius 2 is 2.20 bits per heavy atom. The standard InChI is InChI=1S/C11H15BrFNO/c1-2-6-15-7-5-14-11-8-9(13)3-4-10(11)12/h3-4,8,14H,2,5-7H2,1H3. The SMILES string of the molecule is CCCOCCNc1cc(F)ccc1Br. The number of hydrogen-bond acceptors (Lipinski definition) is 2. The van der Waals surface area contributed by atoms with Gasteiger partial charge >= 0.3 is 0 Å². The van der Waals surface area contributed by atoms with Crippen molar-refractivity contribution in [3.63, 3.8) is 0 Å². The van der Waals surface area contributed by atoms with Crippen LogP contribution in [-0.4, -0.2) is 19.8 Å². The molecular weight excluding hydrogens is 261 g/mol. The molecule has 2 nitrogen and oxygen atoms in total. The molecule has 0 aromatic heterocycles. The lowest BCUT2D eigenvalue weighted by molar-refractivity contribution is 0.144. The van der Waals surface area contributed by atoms with E-state index in [0.29, 0.717) is 13.2 Å². The normalized spacial score (nSPS) is 10.3. The lowest BCUT2D eigenvalue weighted by atomic mass is 10.3. The Labute approximate surface area is 98.0 Å². The third kappa shape index (κ3) is 4.62. The Balaban J connectivity index is 2.33. The summed E-state index contributed by atoms with van der Waals surface area (Å²) >= 11 is 3.34. The zero-order chi connectivity index (χ0) is 11.1. The fraction of sp³-hybridized carbons (Fsp3) is 0.455. The third-order valence-corrected chi connectivity index (χ3v) is 2.53. The molecule has 0 aliphatic carbocycles. The van der Waals surface area contributed by atoms with Crippen molar-refractivity contribution >= 4 is 21.6 Å². The highest BCUT2D eigenvalue weighted by molar-refractivity contribution is 9.10. The lowest BCUT2D eigenvalue weighted by Gasteiger charge is -2.08. The minimum absolute atomic E-state index is 0.241. The number of rotatable bonds is 6. The van der Waals surface area contributed by atoms with Crippen LogP contribution < -0.4 is 5.32 Å². The number of ether oxygens (including phenoxy) is 1. The maximum atomic E-state index is 12.9. The minimum Gasteiger partial charge on any atom is -0.382 e. The minimum atomic E-state index is -0.241. The number of nitrogens with one attached hydrogen (secondary N) is 1. The summed E-state index contributed by atoms with van der Waals surface area (Å²) in [5.41, 5.74) is 0.759. The Hall–Kier alpha value is -0.610. The van der Waals surface area contributed by atoms with Gasteiger partial charge in [0.1, 0.15) is 5.82 Å². The smallest absolute Gasteiger partial charge is 0.125 e. The molecule has 0 amide bonds. The average molecular weight is 276 g/mol. The first-order chi connectivity index (χ1) is 7.24. The van der Waals surface area contributed by atoms with Crippen molar-refractivity contribution in [1.29, 1.82) is 0 Å². The van der Waals surface area contributed by atoms with E-state index in [1.165, 1.54) is 12.1 Å². The average Bonchev–Trinajstić information content (AvgIpc) is 2.23. The van der Waals surface area contributed by atoms with Crippen LogP contribution in [0, 0.1) is 5.82 Å². The van der Waals surface area contributed by atoms with E-state index in [2.05, 4.69) is 28.2 Å². The molecule has 0 radical (unpaired) electrons. The molecule has 0 atom stereocenters. The van der Waals surface area contributed by atoms with Crippen LogP contribution in [0.25, 0.3) is 0 Å². The van der Waals surface area contributed by atoms with Crippen LogP contribution in [0.4, 0.5) is 10.1 Å². The van der Waals surface area contributed by atoms with E-state index in [1.807, 2.05) is 0 Å². The van der Waals surface area contributed by atoms with E-state index in [1.54, 1.807) is 6.07 Å². The van der Waals surface area contributed by atoms with Gasteiger partial charge in [0.25, 0.3) is 0 Å². The van der Waals surface area contributed by atoms with E-state index in [4.69, 9.17) is 4.74 Å². The Morgan fingerprint density at radius 1 is 1.40 bits per heavy atom. The van der Waals surface area contributed by atoms with Crippen molar-refractivity contribution in [2.45, 2.75) is 13.3 Å². The lowest BCUT2D eigenvalue weighted by Crippen LogP contribution is -2.10. The van der Waals surface area contributed by atoms with Crippen LogP contribution in [0.2, 0.25) is 0 Å². The first-order valence-electron chi connectivity index (χ1n) is 5.00. The highest BCUT2D eigenvalue weighted by Crippen LogP contribution is 2.22. The summed E-state index contributed by atoms with van der Waals surface area (Å²) in [7, 11) is 0. The number of benzene rings is 1. The zero-order valence-corrected chi connectivity index (χ0v) is 10.3. The first-order valence-corrected chi connectivity index (χ1v) is 5.80. The summed E-state index contributed by atoms with van der Waals surface area (Å²) in [5.74, 6) is -0.241. The third-order valence-electron chi connectivity index (χ3n) is 1.84. The Kier molecular flexibility index (Phi) is 5.65. The summed E-state index contributed by atoms with van der Waals surface area (Å²) in [4.78, 5) is 0. The molecule has 0 unspecified atom stereocenters. The summed E-state index contributed by atoms with van der Waals surface area (Å²) in [6, 6.07) is 4.57. The van der Waals surface area contributed by atoms with Crippen LogP contribution >= 0.6 is 15.9 Å². The molecule has 0 aliphatic rings. The van der Waals surface area contributed by atoms with E-state index < -0.39 is 0 Å². The molecule has 1 aromatic rings. The second-order valence-electron chi connectivity index (χ2n) is 3.16. The predicted molar refractivity (Wildman–Crippen MR) is 63.7 cm³/mol. The molecule has 0 fully saturated rings. The van der Waals surface area contributed by atoms with Gasteiger partial charge in [0, 0.05) is 17.6 Å². The van der Waals surface area contributed by atoms with Crippen molar-refractivity contribution in [3.8, 4) is 0 Å². The molecule has 1 aromatic carbocycles. The van der Waals surface area contributed by atoms with Gasteiger partial charge in [0.2, 0.25) is 0 Å². The van der Waals surface area contributed by atoms with Gasteiger partial charge in [0.05, 0.1) is 12.3 Å². The zero-order valence-electron chi connectivity index (χ0n) is 8.72. The van der Waals surface area contributed by atoms with Gasteiger partial charge in [-0.15, -0.1) is 0 Å². The van der Waals surface area contributed by atoms with Gasteiger partial charge in [-0.1, -0.05) is 6.92 Å². The van der Waals surface area contributed by atoms with Crippen molar-refractivity contribution in [3.05, 3.63) is 28.5 Å². The maximum absolute atomic E-state index is 12.9. The quantitative estimate of drug-likeness (QED) is 0.804. The number of anilines is 1. The molecule has 4 heteroatoms. The number of halogens is 2. The number of hydrogen-bond donors (Lipinski definition) is 1. The van der Waals surface area contributed by atoms with Crippen LogP contribution in [0.5, 0.6) is 0 Å². The molecule has 15 heavy (non-hydrogen) atoms. The Bertz CT molecular complexity index is 307. The second kappa shape index (κ2) is 6.80. The summed E-state index contributed by atoms with van der Waals surface area (Å²) in [6.45, 7) is 4.15. The van der Waals surface area contributed by atoms with E-state index >= 15 is 0 Å². The molecule has 0 heterocycles. The van der Waals surface area contributed by atoms with Gasteiger partial charge in [0.15, 0.2) is 0 Å². The first kappa shape index (κ1) is 12.5. The van der Waals surface area contributed by atoms with Crippen molar-refractivity contribution < 1.29 is 9.13 Å². The maximum Gasteiger partial charge on any atom is 0.125 e. The van der Waals surface area contributed by atoms with E-state index in [0.717, 1.165) is 23.2 Å². The van der Waals surface area contributed by atoms with Crippen molar-refractivity contribution in [1.82, 2.24) is 0 Å². The fourth-order valence-corrected chi connectivity index (χ4v) is 1.52. The van der Waals surface area contributed by atoms with Gasteiger partial charge in [-0.25, -0.2) is 4.39 Å². The van der Waals surface area contributed by atoms with Crippen LogP contribution in [0.15, 0.2) is 22.7 Å². The van der Waals surface area contributed by atoms with Gasteiger partial charge in [-0.2, -0.15) is 0 Å². The Morgan fingerprint density at radius 3 is 2.93 bits per heavy atom. The van der Waals surface area contributed by atoms with E-state index in [-0.39, 0.29) is 5.82 Å². The highest BCUT2D eigenvalue weighted by atomic mass is 79.9. The fourth-order valence-electron chi connectivity index (χ4n) is 1.14. The highest BCUT2D eigenvalue weighted by Gasteiger charge is 2.00. The largest absolute Gasteiger partial charge is 0.382 e. The monoisotopic (exact) mass is 275 g/mol. The molecule has 1 N–H and O–H groups in total. The van der Waals surface area contributed by atoms with E-state index in [9.17, 15) is 4.39 Å². The molecule has 0 saturated heterocycles. The van der Waals surface area contributed by atoms with Crippen LogP contribution in [0.1, 0.15) is 13.3 Å². The summed E-state index contributed by atoms with van der Waals surface area (Å²) in [5, 5.41) is 3.10. The predicted octanol–water partition coefficient (Wildman–Crippen LogP) is 3.43. The van der Waals surface area contributed by atoms with Crippen LogP contribution in [-0.2, 0) is 4.74 Å². The van der Waals surface area contributed by atoms with Crippen molar-refractivity contribution in [2.75, 3.05) is 25.1 Å². The molecule has 0 spiro atoms. The molecule has 84 valence electrons. The van der Waals surface area contributed by atoms with Gasteiger partial charge in [-0.3, -0.25) is 0 Å².